The van der Waals surface area contributed by atoms with Crippen molar-refractivity contribution in [3.8, 4) is 0 Å². The second kappa shape index (κ2) is 4.22. The van der Waals surface area contributed by atoms with Crippen LogP contribution >= 0.6 is 11.6 Å². The van der Waals surface area contributed by atoms with Crippen molar-refractivity contribution in [2.75, 3.05) is 24.5 Å². The van der Waals surface area contributed by atoms with Gasteiger partial charge in [0, 0.05) is 19.1 Å². The molecule has 3 rings (SSSR count). The third-order valence-electron chi connectivity index (χ3n) is 3.71. The van der Waals surface area contributed by atoms with E-state index in [9.17, 15) is 0 Å². The van der Waals surface area contributed by atoms with E-state index in [0.29, 0.717) is 11.2 Å². The summed E-state index contributed by atoms with van der Waals surface area (Å²) in [6.07, 6.45) is 4.52. The SMILES string of the molecule is Clc1ccc(N2CCCC3CNC3C2)cn1. The standard InChI is InChI=1S/C12H16ClN3/c13-12-4-3-10(7-15-12)16-5-1-2-9-6-14-11(9)8-16/h3-4,7,9,11,14H,1-2,5-6,8H2. The molecule has 2 saturated heterocycles. The summed E-state index contributed by atoms with van der Waals surface area (Å²) in [6, 6.07) is 4.61. The lowest BCUT2D eigenvalue weighted by molar-refractivity contribution is 0.234. The Morgan fingerprint density at radius 2 is 2.38 bits per heavy atom. The average molecular weight is 238 g/mol. The quantitative estimate of drug-likeness (QED) is 0.757. The highest BCUT2D eigenvalue weighted by Crippen LogP contribution is 2.26. The Bertz CT molecular complexity index is 365. The Balaban J connectivity index is 1.75. The summed E-state index contributed by atoms with van der Waals surface area (Å²) in [6.45, 7) is 3.45. The van der Waals surface area contributed by atoms with Crippen LogP contribution in [0.15, 0.2) is 18.3 Å². The van der Waals surface area contributed by atoms with E-state index >= 15 is 0 Å². The highest BCUT2D eigenvalue weighted by molar-refractivity contribution is 6.29. The van der Waals surface area contributed by atoms with Gasteiger partial charge in [-0.3, -0.25) is 0 Å². The molecule has 2 aliphatic rings. The van der Waals surface area contributed by atoms with Gasteiger partial charge in [-0.15, -0.1) is 0 Å². The van der Waals surface area contributed by atoms with E-state index in [2.05, 4.69) is 21.3 Å². The second-order valence-corrected chi connectivity index (χ2v) is 5.09. The molecule has 1 aromatic rings. The third kappa shape index (κ3) is 1.89. The summed E-state index contributed by atoms with van der Waals surface area (Å²) < 4.78 is 0. The van der Waals surface area contributed by atoms with Crippen molar-refractivity contribution in [3.05, 3.63) is 23.5 Å². The minimum atomic E-state index is 0.568. The molecule has 0 saturated carbocycles. The summed E-state index contributed by atoms with van der Waals surface area (Å²) in [5.74, 6) is 0.894. The molecule has 2 fully saturated rings. The summed E-state index contributed by atoms with van der Waals surface area (Å²) in [7, 11) is 0. The molecule has 0 aromatic carbocycles. The lowest BCUT2D eigenvalue weighted by Crippen LogP contribution is -2.56. The predicted molar refractivity (Wildman–Crippen MR) is 66.0 cm³/mol. The van der Waals surface area contributed by atoms with Crippen molar-refractivity contribution in [3.63, 3.8) is 0 Å². The van der Waals surface area contributed by atoms with E-state index in [4.69, 9.17) is 11.6 Å². The van der Waals surface area contributed by atoms with Crippen molar-refractivity contribution in [1.82, 2.24) is 10.3 Å². The van der Waals surface area contributed by atoms with Gasteiger partial charge in [0.05, 0.1) is 11.9 Å². The highest BCUT2D eigenvalue weighted by Gasteiger charge is 2.33. The molecule has 3 nitrogen and oxygen atoms in total. The topological polar surface area (TPSA) is 28.2 Å². The predicted octanol–water partition coefficient (Wildman–Crippen LogP) is 1.92. The number of hydrogen-bond donors (Lipinski definition) is 1. The molecule has 2 atom stereocenters. The molecular weight excluding hydrogens is 222 g/mol. The maximum absolute atomic E-state index is 5.80. The van der Waals surface area contributed by atoms with E-state index < -0.39 is 0 Å². The van der Waals surface area contributed by atoms with E-state index in [-0.39, 0.29) is 0 Å². The lowest BCUT2D eigenvalue weighted by Gasteiger charge is -2.38. The van der Waals surface area contributed by atoms with Crippen LogP contribution in [-0.2, 0) is 0 Å². The van der Waals surface area contributed by atoms with Crippen LogP contribution in [0.25, 0.3) is 0 Å². The van der Waals surface area contributed by atoms with Crippen LogP contribution in [0.3, 0.4) is 0 Å². The Hall–Kier alpha value is -0.800. The number of fused-ring (bicyclic) bond motifs is 1. The van der Waals surface area contributed by atoms with Gasteiger partial charge in [0.15, 0.2) is 0 Å². The lowest BCUT2D eigenvalue weighted by atomic mass is 9.89. The summed E-state index contributed by atoms with van der Waals surface area (Å²) in [5, 5.41) is 4.08. The van der Waals surface area contributed by atoms with Gasteiger partial charge in [0.2, 0.25) is 0 Å². The monoisotopic (exact) mass is 237 g/mol. The summed E-state index contributed by atoms with van der Waals surface area (Å²) in [5.41, 5.74) is 1.19. The molecule has 86 valence electrons. The Labute approximate surface area is 101 Å². The number of halogens is 1. The van der Waals surface area contributed by atoms with Gasteiger partial charge in [-0.25, -0.2) is 4.98 Å². The second-order valence-electron chi connectivity index (χ2n) is 4.70. The molecule has 1 N–H and O–H groups in total. The Kier molecular flexibility index (Phi) is 2.74. The molecule has 0 bridgehead atoms. The first-order chi connectivity index (χ1) is 7.83. The number of rotatable bonds is 1. The molecule has 2 unspecified atom stereocenters. The fraction of sp³-hybridized carbons (Fsp3) is 0.583. The molecule has 0 spiro atoms. The highest BCUT2D eigenvalue weighted by atomic mass is 35.5. The first kappa shape index (κ1) is 10.4. The zero-order chi connectivity index (χ0) is 11.0. The molecule has 1 aromatic heterocycles. The zero-order valence-corrected chi connectivity index (χ0v) is 9.95. The smallest absolute Gasteiger partial charge is 0.129 e. The fourth-order valence-corrected chi connectivity index (χ4v) is 2.74. The van der Waals surface area contributed by atoms with Crippen molar-refractivity contribution >= 4 is 17.3 Å². The zero-order valence-electron chi connectivity index (χ0n) is 9.19. The minimum Gasteiger partial charge on any atom is -0.369 e. The van der Waals surface area contributed by atoms with Crippen molar-refractivity contribution < 1.29 is 0 Å². The molecular formula is C12H16ClN3. The third-order valence-corrected chi connectivity index (χ3v) is 3.93. The Morgan fingerprint density at radius 1 is 1.44 bits per heavy atom. The average Bonchev–Trinajstić information content (AvgIpc) is 2.41. The Morgan fingerprint density at radius 3 is 3.06 bits per heavy atom. The molecule has 0 radical (unpaired) electrons. The molecule has 0 amide bonds. The number of nitrogens with zero attached hydrogens (tertiary/aromatic N) is 2. The number of aromatic nitrogens is 1. The fourth-order valence-electron chi connectivity index (χ4n) is 2.63. The van der Waals surface area contributed by atoms with Crippen molar-refractivity contribution in [2.24, 2.45) is 5.92 Å². The van der Waals surface area contributed by atoms with Crippen molar-refractivity contribution in [1.29, 1.82) is 0 Å². The van der Waals surface area contributed by atoms with Gasteiger partial charge in [-0.1, -0.05) is 11.6 Å². The van der Waals surface area contributed by atoms with Gasteiger partial charge >= 0.3 is 0 Å². The van der Waals surface area contributed by atoms with E-state index in [1.807, 2.05) is 12.3 Å². The van der Waals surface area contributed by atoms with E-state index in [0.717, 1.165) is 19.0 Å². The van der Waals surface area contributed by atoms with Gasteiger partial charge in [-0.05, 0) is 37.4 Å². The summed E-state index contributed by atoms with van der Waals surface area (Å²) in [4.78, 5) is 6.57. The largest absolute Gasteiger partial charge is 0.369 e. The van der Waals surface area contributed by atoms with E-state index in [1.165, 1.54) is 25.1 Å². The molecule has 16 heavy (non-hydrogen) atoms. The minimum absolute atomic E-state index is 0.568. The van der Waals surface area contributed by atoms with Crippen LogP contribution < -0.4 is 10.2 Å². The molecule has 2 aliphatic heterocycles. The van der Waals surface area contributed by atoms with Crippen molar-refractivity contribution in [2.45, 2.75) is 18.9 Å². The maximum atomic E-state index is 5.80. The van der Waals surface area contributed by atoms with Crippen LogP contribution in [0.1, 0.15) is 12.8 Å². The number of anilines is 1. The van der Waals surface area contributed by atoms with Gasteiger partial charge in [0.1, 0.15) is 5.15 Å². The number of hydrogen-bond acceptors (Lipinski definition) is 3. The molecule has 0 aliphatic carbocycles. The van der Waals surface area contributed by atoms with Crippen LogP contribution in [0.2, 0.25) is 5.15 Å². The molecule has 4 heteroatoms. The van der Waals surface area contributed by atoms with Crippen LogP contribution in [0.5, 0.6) is 0 Å². The first-order valence-corrected chi connectivity index (χ1v) is 6.30. The van der Waals surface area contributed by atoms with Gasteiger partial charge in [0.25, 0.3) is 0 Å². The first-order valence-electron chi connectivity index (χ1n) is 5.93. The number of pyridine rings is 1. The maximum Gasteiger partial charge on any atom is 0.129 e. The van der Waals surface area contributed by atoms with Gasteiger partial charge < -0.3 is 10.2 Å². The van der Waals surface area contributed by atoms with E-state index in [1.54, 1.807) is 0 Å². The van der Waals surface area contributed by atoms with Crippen LogP contribution in [0.4, 0.5) is 5.69 Å². The van der Waals surface area contributed by atoms with Crippen LogP contribution in [-0.4, -0.2) is 30.7 Å². The number of nitrogens with one attached hydrogen (secondary N) is 1. The summed E-state index contributed by atoms with van der Waals surface area (Å²) >= 11 is 5.80. The van der Waals surface area contributed by atoms with Crippen LogP contribution in [0, 0.1) is 5.92 Å². The normalized spacial score (nSPS) is 29.2. The molecule has 3 heterocycles. The van der Waals surface area contributed by atoms with Gasteiger partial charge in [-0.2, -0.15) is 0 Å².